The van der Waals surface area contributed by atoms with Crippen molar-refractivity contribution in [3.8, 4) is 5.75 Å². The molecule has 6 heteroatoms. The van der Waals surface area contributed by atoms with Crippen LogP contribution >= 0.6 is 0 Å². The maximum absolute atomic E-state index is 12.2. The molecule has 156 valence electrons. The first kappa shape index (κ1) is 21.1. The minimum atomic E-state index is -0.214. The molecule has 2 atom stereocenters. The second-order valence-electron chi connectivity index (χ2n) is 8.68. The van der Waals surface area contributed by atoms with Crippen molar-refractivity contribution < 1.29 is 14.3 Å². The zero-order valence-electron chi connectivity index (χ0n) is 17.9. The summed E-state index contributed by atoms with van der Waals surface area (Å²) in [6.07, 6.45) is 2.03. The smallest absolute Gasteiger partial charge is 0.262 e. The molecule has 6 nitrogen and oxygen atoms in total. The number of nitrogens with one attached hydrogen (secondary N) is 1. The van der Waals surface area contributed by atoms with Crippen LogP contribution in [0.25, 0.3) is 0 Å². The number of rotatable bonds is 5. The topological polar surface area (TPSA) is 63.7 Å². The highest BCUT2D eigenvalue weighted by molar-refractivity contribution is 5.91. The molecule has 0 saturated carbocycles. The molecule has 2 aromatic rings. The first-order valence-electron chi connectivity index (χ1n) is 10.1. The molecule has 1 N–H and O–H groups in total. The van der Waals surface area contributed by atoms with Gasteiger partial charge in [-0.2, -0.15) is 0 Å². The summed E-state index contributed by atoms with van der Waals surface area (Å²) >= 11 is 0. The highest BCUT2D eigenvalue weighted by Gasteiger charge is 2.23. The molecule has 1 fully saturated rings. The van der Waals surface area contributed by atoms with Gasteiger partial charge in [-0.05, 0) is 49.1 Å². The number of morpholine rings is 1. The van der Waals surface area contributed by atoms with Gasteiger partial charge < -0.3 is 19.7 Å². The predicted molar refractivity (Wildman–Crippen MR) is 116 cm³/mol. The molecule has 3 rings (SSSR count). The van der Waals surface area contributed by atoms with E-state index in [-0.39, 0.29) is 30.1 Å². The van der Waals surface area contributed by atoms with Crippen molar-refractivity contribution in [2.75, 3.05) is 29.9 Å². The van der Waals surface area contributed by atoms with Crippen molar-refractivity contribution in [3.63, 3.8) is 0 Å². The highest BCUT2D eigenvalue weighted by atomic mass is 16.5. The predicted octanol–water partition coefficient (Wildman–Crippen LogP) is 4.01. The summed E-state index contributed by atoms with van der Waals surface area (Å²) < 4.78 is 11.4. The second-order valence-corrected chi connectivity index (χ2v) is 8.68. The minimum absolute atomic E-state index is 0.0329. The molecule has 0 spiro atoms. The molecule has 0 bridgehead atoms. The van der Waals surface area contributed by atoms with E-state index in [1.807, 2.05) is 30.3 Å². The number of pyridine rings is 1. The van der Waals surface area contributed by atoms with Crippen LogP contribution < -0.4 is 15.0 Å². The van der Waals surface area contributed by atoms with Gasteiger partial charge in [0.2, 0.25) is 0 Å². The van der Waals surface area contributed by atoms with E-state index in [4.69, 9.17) is 9.47 Å². The number of anilines is 2. The molecular weight excluding hydrogens is 366 g/mol. The highest BCUT2D eigenvalue weighted by Crippen LogP contribution is 2.25. The van der Waals surface area contributed by atoms with E-state index in [1.165, 1.54) is 5.56 Å². The number of hydrogen-bond donors (Lipinski definition) is 1. The molecule has 1 saturated heterocycles. The normalized spacial score (nSPS) is 19.7. The summed E-state index contributed by atoms with van der Waals surface area (Å²) in [5, 5.41) is 2.84. The summed E-state index contributed by atoms with van der Waals surface area (Å²) in [6.45, 7) is 12.1. The fraction of sp³-hybridized carbons (Fsp3) is 0.478. The molecule has 29 heavy (non-hydrogen) atoms. The number of amides is 1. The van der Waals surface area contributed by atoms with E-state index >= 15 is 0 Å². The number of ether oxygens (including phenoxy) is 2. The van der Waals surface area contributed by atoms with Gasteiger partial charge in [-0.15, -0.1) is 0 Å². The zero-order valence-corrected chi connectivity index (χ0v) is 17.9. The third-order valence-corrected chi connectivity index (χ3v) is 4.85. The third-order valence-electron chi connectivity index (χ3n) is 4.85. The van der Waals surface area contributed by atoms with Crippen LogP contribution in [0, 0.1) is 0 Å². The van der Waals surface area contributed by atoms with Crippen LogP contribution in [0.4, 0.5) is 11.5 Å². The van der Waals surface area contributed by atoms with Crippen LogP contribution in [0.2, 0.25) is 0 Å². The molecule has 2 heterocycles. The summed E-state index contributed by atoms with van der Waals surface area (Å²) in [5.41, 5.74) is 1.85. The largest absolute Gasteiger partial charge is 0.484 e. The van der Waals surface area contributed by atoms with Crippen molar-refractivity contribution >= 4 is 17.4 Å². The van der Waals surface area contributed by atoms with E-state index in [9.17, 15) is 4.79 Å². The number of carbonyl (C=O) groups is 1. The van der Waals surface area contributed by atoms with Crippen LogP contribution in [0.1, 0.15) is 40.2 Å². The first-order valence-corrected chi connectivity index (χ1v) is 10.1. The van der Waals surface area contributed by atoms with Crippen LogP contribution in [0.3, 0.4) is 0 Å². The van der Waals surface area contributed by atoms with Gasteiger partial charge in [-0.3, -0.25) is 4.79 Å². The lowest BCUT2D eigenvalue weighted by atomic mass is 9.87. The lowest BCUT2D eigenvalue weighted by Crippen LogP contribution is -2.45. The van der Waals surface area contributed by atoms with Gasteiger partial charge in [-0.25, -0.2) is 4.98 Å². The lowest BCUT2D eigenvalue weighted by Gasteiger charge is -2.36. The quantitative estimate of drug-likeness (QED) is 0.826. The maximum atomic E-state index is 12.2. The SMILES string of the molecule is CC1CN(c2ccc(NC(=O)COc3cccc(C(C)(C)C)c3)cn2)CC(C)O1. The maximum Gasteiger partial charge on any atom is 0.262 e. The van der Waals surface area contributed by atoms with Gasteiger partial charge in [0.15, 0.2) is 6.61 Å². The zero-order chi connectivity index (χ0) is 21.0. The number of benzene rings is 1. The van der Waals surface area contributed by atoms with E-state index in [0.717, 1.165) is 18.9 Å². The molecule has 0 aliphatic carbocycles. The number of hydrogen-bond acceptors (Lipinski definition) is 5. The van der Waals surface area contributed by atoms with Gasteiger partial charge in [0, 0.05) is 13.1 Å². The standard InChI is InChI=1S/C23H31N3O3/c1-16-13-26(14-17(2)29-16)21-10-9-19(12-24-21)25-22(27)15-28-20-8-6-7-18(11-20)23(3,4)5/h6-12,16-17H,13-15H2,1-5H3,(H,25,27). The summed E-state index contributed by atoms with van der Waals surface area (Å²) in [7, 11) is 0. The first-order chi connectivity index (χ1) is 13.7. The van der Waals surface area contributed by atoms with E-state index in [0.29, 0.717) is 11.4 Å². The lowest BCUT2D eigenvalue weighted by molar-refractivity contribution is -0.118. The van der Waals surface area contributed by atoms with Gasteiger partial charge in [0.05, 0.1) is 24.1 Å². The molecule has 0 radical (unpaired) electrons. The fourth-order valence-corrected chi connectivity index (χ4v) is 3.41. The van der Waals surface area contributed by atoms with E-state index in [2.05, 4.69) is 55.9 Å². The molecule has 1 aromatic heterocycles. The minimum Gasteiger partial charge on any atom is -0.484 e. The summed E-state index contributed by atoms with van der Waals surface area (Å²) in [6, 6.07) is 11.6. The molecule has 2 unspecified atom stereocenters. The summed E-state index contributed by atoms with van der Waals surface area (Å²) in [4.78, 5) is 18.9. The Balaban J connectivity index is 1.53. The van der Waals surface area contributed by atoms with Gasteiger partial charge in [0.1, 0.15) is 11.6 Å². The monoisotopic (exact) mass is 397 g/mol. The Labute approximate surface area is 173 Å². The van der Waals surface area contributed by atoms with Crippen LogP contribution in [-0.2, 0) is 14.9 Å². The van der Waals surface area contributed by atoms with Crippen LogP contribution in [-0.4, -0.2) is 42.8 Å². The Morgan fingerprint density at radius 3 is 2.55 bits per heavy atom. The third kappa shape index (κ3) is 5.94. The van der Waals surface area contributed by atoms with Crippen molar-refractivity contribution in [1.82, 2.24) is 4.98 Å². The fourth-order valence-electron chi connectivity index (χ4n) is 3.41. The van der Waals surface area contributed by atoms with Gasteiger partial charge in [-0.1, -0.05) is 32.9 Å². The Kier molecular flexibility index (Phi) is 6.42. The molecular formula is C23H31N3O3. The Morgan fingerprint density at radius 2 is 1.93 bits per heavy atom. The van der Waals surface area contributed by atoms with E-state index in [1.54, 1.807) is 6.20 Å². The van der Waals surface area contributed by atoms with Crippen LogP contribution in [0.15, 0.2) is 42.6 Å². The molecule has 1 aliphatic rings. The number of aromatic nitrogens is 1. The number of nitrogens with zero attached hydrogens (tertiary/aromatic N) is 2. The van der Waals surface area contributed by atoms with Crippen LogP contribution in [0.5, 0.6) is 5.75 Å². The molecule has 1 aromatic carbocycles. The molecule has 1 amide bonds. The average Bonchev–Trinajstić information content (AvgIpc) is 2.66. The van der Waals surface area contributed by atoms with Crippen molar-refractivity contribution in [3.05, 3.63) is 48.2 Å². The molecule has 1 aliphatic heterocycles. The van der Waals surface area contributed by atoms with Gasteiger partial charge in [0.25, 0.3) is 5.91 Å². The summed E-state index contributed by atoms with van der Waals surface area (Å²) in [5.74, 6) is 1.37. The Morgan fingerprint density at radius 1 is 1.21 bits per heavy atom. The Hall–Kier alpha value is -2.60. The van der Waals surface area contributed by atoms with E-state index < -0.39 is 0 Å². The average molecular weight is 398 g/mol. The van der Waals surface area contributed by atoms with Crippen molar-refractivity contribution in [2.45, 2.75) is 52.2 Å². The second kappa shape index (κ2) is 8.82. The Bertz CT molecular complexity index is 820. The van der Waals surface area contributed by atoms with Gasteiger partial charge >= 0.3 is 0 Å². The van der Waals surface area contributed by atoms with Crippen molar-refractivity contribution in [1.29, 1.82) is 0 Å². The number of carbonyl (C=O) groups excluding carboxylic acids is 1. The van der Waals surface area contributed by atoms with Crippen molar-refractivity contribution in [2.24, 2.45) is 0 Å².